The second kappa shape index (κ2) is 9.74. The van der Waals surface area contributed by atoms with Crippen LogP contribution in [0.2, 0.25) is 5.02 Å². The van der Waals surface area contributed by atoms with Gasteiger partial charge in [-0.2, -0.15) is 4.98 Å². The largest absolute Gasteiger partial charge is 0.449 e. The van der Waals surface area contributed by atoms with Gasteiger partial charge in [-0.05, 0) is 43.2 Å². The highest BCUT2D eigenvalue weighted by molar-refractivity contribution is 7.14. The molecule has 3 N–H and O–H groups in total. The van der Waals surface area contributed by atoms with E-state index in [0.29, 0.717) is 40.6 Å². The molecule has 0 spiro atoms. The summed E-state index contributed by atoms with van der Waals surface area (Å²) < 4.78 is 10.6. The predicted octanol–water partition coefficient (Wildman–Crippen LogP) is 5.14. The molecule has 34 heavy (non-hydrogen) atoms. The molecule has 0 bridgehead atoms. The number of rotatable bonds is 5. The van der Waals surface area contributed by atoms with Gasteiger partial charge in [-0.25, -0.2) is 14.6 Å². The summed E-state index contributed by atoms with van der Waals surface area (Å²) in [7, 11) is 3.17. The Morgan fingerprint density at radius 1 is 1.29 bits per heavy atom. The molecule has 178 valence electrons. The van der Waals surface area contributed by atoms with Gasteiger partial charge in [0.1, 0.15) is 5.02 Å². The van der Waals surface area contributed by atoms with Crippen LogP contribution < -0.4 is 25.6 Å². The van der Waals surface area contributed by atoms with Crippen LogP contribution in [0.1, 0.15) is 16.0 Å². The molecule has 0 saturated heterocycles. The number of benzene rings is 1. The summed E-state index contributed by atoms with van der Waals surface area (Å²) in [4.78, 5) is 34.9. The van der Waals surface area contributed by atoms with Crippen molar-refractivity contribution in [2.45, 2.75) is 20.3 Å². The first-order chi connectivity index (χ1) is 16.3. The Hall–Kier alpha value is -3.57. The fourth-order valence-corrected chi connectivity index (χ4v) is 4.44. The lowest BCUT2D eigenvalue weighted by molar-refractivity contribution is 0.159. The lowest BCUT2D eigenvalue weighted by atomic mass is 10.1. The number of cyclic esters (lactones) is 1. The molecule has 0 radical (unpaired) electrons. The van der Waals surface area contributed by atoms with Crippen LogP contribution in [0.15, 0.2) is 24.4 Å². The second-order valence-corrected chi connectivity index (χ2v) is 9.09. The molecule has 0 unspecified atom stereocenters. The monoisotopic (exact) mass is 502 g/mol. The van der Waals surface area contributed by atoms with Crippen LogP contribution in [0, 0.1) is 13.8 Å². The van der Waals surface area contributed by atoms with Crippen LogP contribution >= 0.6 is 22.9 Å². The van der Waals surface area contributed by atoms with Crippen LogP contribution in [0.3, 0.4) is 0 Å². The smallest absolute Gasteiger partial charge is 0.414 e. The number of halogens is 1. The Morgan fingerprint density at radius 3 is 2.85 bits per heavy atom. The number of hydrogen-bond donors (Lipinski definition) is 3. The summed E-state index contributed by atoms with van der Waals surface area (Å²) in [6.07, 6.45) is 1.13. The molecular weight excluding hydrogens is 480 g/mol. The molecule has 12 heteroatoms. The molecule has 4 rings (SSSR count). The third kappa shape index (κ3) is 4.85. The molecule has 3 heterocycles. The topological polar surface area (TPSA) is 118 Å². The lowest BCUT2D eigenvalue weighted by Gasteiger charge is -2.17. The van der Waals surface area contributed by atoms with Gasteiger partial charge >= 0.3 is 12.2 Å². The Balaban J connectivity index is 1.59. The SMILES string of the molecule is CNC(=O)Oc1sc(C)c(C)c1Nc1nc(Nc2ccc3c(c2)CCOC(=O)N3C)ncc1Cl. The van der Waals surface area contributed by atoms with Gasteiger partial charge in [-0.1, -0.05) is 11.6 Å². The molecule has 2 amide bonds. The van der Waals surface area contributed by atoms with Gasteiger partial charge in [0, 0.05) is 31.1 Å². The third-order valence-electron chi connectivity index (χ3n) is 5.30. The Morgan fingerprint density at radius 2 is 2.09 bits per heavy atom. The van der Waals surface area contributed by atoms with E-state index < -0.39 is 6.09 Å². The minimum atomic E-state index is -0.568. The van der Waals surface area contributed by atoms with Crippen LogP contribution in [0.5, 0.6) is 5.06 Å². The molecule has 1 aliphatic rings. The van der Waals surface area contributed by atoms with Crippen molar-refractivity contribution in [3.05, 3.63) is 45.4 Å². The summed E-state index contributed by atoms with van der Waals surface area (Å²) in [6.45, 7) is 4.16. The van der Waals surface area contributed by atoms with Gasteiger partial charge in [0.05, 0.1) is 24.2 Å². The minimum absolute atomic E-state index is 0.305. The van der Waals surface area contributed by atoms with Crippen molar-refractivity contribution in [3.63, 3.8) is 0 Å². The number of aryl methyl sites for hydroxylation is 1. The number of thiophene rings is 1. The third-order valence-corrected chi connectivity index (χ3v) is 6.66. The molecule has 0 atom stereocenters. The number of nitrogens with one attached hydrogen (secondary N) is 3. The summed E-state index contributed by atoms with van der Waals surface area (Å²) in [5.74, 6) is 0.676. The molecular formula is C22H23ClN6O4S. The molecule has 1 aliphatic heterocycles. The van der Waals surface area contributed by atoms with Gasteiger partial charge in [-0.3, -0.25) is 4.90 Å². The average Bonchev–Trinajstić information content (AvgIpc) is 2.98. The first kappa shape index (κ1) is 23.6. The zero-order valence-electron chi connectivity index (χ0n) is 19.0. The number of carbonyl (C=O) groups excluding carboxylic acids is 2. The van der Waals surface area contributed by atoms with E-state index >= 15 is 0 Å². The van der Waals surface area contributed by atoms with E-state index in [1.54, 1.807) is 7.05 Å². The van der Waals surface area contributed by atoms with Crippen LogP contribution in [-0.4, -0.2) is 42.9 Å². The van der Waals surface area contributed by atoms with E-state index in [-0.39, 0.29) is 6.09 Å². The highest BCUT2D eigenvalue weighted by atomic mass is 35.5. The van der Waals surface area contributed by atoms with Crippen molar-refractivity contribution in [2.75, 3.05) is 36.2 Å². The first-order valence-corrected chi connectivity index (χ1v) is 11.6. The minimum Gasteiger partial charge on any atom is -0.449 e. The summed E-state index contributed by atoms with van der Waals surface area (Å²) >= 11 is 7.70. The number of carbonyl (C=O) groups is 2. The van der Waals surface area contributed by atoms with Gasteiger partial charge in [0.15, 0.2) is 5.82 Å². The molecule has 3 aromatic rings. The van der Waals surface area contributed by atoms with E-state index in [9.17, 15) is 9.59 Å². The van der Waals surface area contributed by atoms with E-state index in [2.05, 4.69) is 25.9 Å². The molecule has 10 nitrogen and oxygen atoms in total. The number of fused-ring (bicyclic) bond motifs is 1. The maximum Gasteiger partial charge on any atom is 0.414 e. The number of nitrogens with zero attached hydrogens (tertiary/aromatic N) is 3. The van der Waals surface area contributed by atoms with Crippen molar-refractivity contribution >= 4 is 64.0 Å². The van der Waals surface area contributed by atoms with Crippen LogP contribution in [0.25, 0.3) is 0 Å². The van der Waals surface area contributed by atoms with E-state index in [4.69, 9.17) is 21.1 Å². The molecule has 2 aromatic heterocycles. The summed E-state index contributed by atoms with van der Waals surface area (Å²) in [5.41, 5.74) is 4.03. The Bertz CT molecular complexity index is 1260. The summed E-state index contributed by atoms with van der Waals surface area (Å²) in [6, 6.07) is 5.61. The number of anilines is 5. The first-order valence-electron chi connectivity index (χ1n) is 10.4. The molecule has 0 aliphatic carbocycles. The number of hydrogen-bond acceptors (Lipinski definition) is 9. The molecule has 1 aromatic carbocycles. The lowest BCUT2D eigenvalue weighted by Crippen LogP contribution is -2.25. The van der Waals surface area contributed by atoms with E-state index in [0.717, 1.165) is 27.4 Å². The Labute approximate surface area is 205 Å². The fraction of sp³-hybridized carbons (Fsp3) is 0.273. The maximum atomic E-state index is 11.9. The van der Waals surface area contributed by atoms with E-state index in [1.807, 2.05) is 32.0 Å². The molecule has 0 saturated carbocycles. The van der Waals surface area contributed by atoms with Gasteiger partial charge in [-0.15, -0.1) is 11.3 Å². The normalized spacial score (nSPS) is 13.0. The van der Waals surface area contributed by atoms with Crippen molar-refractivity contribution in [1.29, 1.82) is 0 Å². The van der Waals surface area contributed by atoms with Crippen molar-refractivity contribution in [3.8, 4) is 5.06 Å². The van der Waals surface area contributed by atoms with Crippen molar-refractivity contribution < 1.29 is 19.1 Å². The van der Waals surface area contributed by atoms with Crippen LogP contribution in [-0.2, 0) is 11.2 Å². The van der Waals surface area contributed by atoms with E-state index in [1.165, 1.54) is 29.5 Å². The maximum absolute atomic E-state index is 11.9. The highest BCUT2D eigenvalue weighted by Gasteiger charge is 2.21. The quantitative estimate of drug-likeness (QED) is 0.439. The zero-order valence-corrected chi connectivity index (χ0v) is 20.6. The second-order valence-electron chi connectivity index (χ2n) is 7.49. The number of amides is 2. The number of aromatic nitrogens is 2. The standard InChI is InChI=1S/C22H23ClN6O4S/c1-11-12(2)34-19(33-21(30)24-3)17(11)27-18-15(23)10-25-20(28-18)26-14-5-6-16-13(9-14)7-8-32-22(31)29(16)4/h5-6,9-10H,7-8H2,1-4H3,(H,24,30)(H2,25,26,27,28). The number of ether oxygens (including phenoxy) is 2. The molecule has 0 fully saturated rings. The summed E-state index contributed by atoms with van der Waals surface area (Å²) in [5, 5.41) is 9.50. The Kier molecular flexibility index (Phi) is 6.75. The predicted molar refractivity (Wildman–Crippen MR) is 132 cm³/mol. The van der Waals surface area contributed by atoms with Crippen molar-refractivity contribution in [2.24, 2.45) is 0 Å². The van der Waals surface area contributed by atoms with Gasteiger partial charge in [0.25, 0.3) is 0 Å². The fourth-order valence-electron chi connectivity index (χ4n) is 3.34. The zero-order chi connectivity index (χ0) is 24.4. The van der Waals surface area contributed by atoms with Crippen molar-refractivity contribution in [1.82, 2.24) is 15.3 Å². The van der Waals surface area contributed by atoms with Crippen LogP contribution in [0.4, 0.5) is 38.4 Å². The van der Waals surface area contributed by atoms with Gasteiger partial charge < -0.3 is 25.4 Å². The average molecular weight is 503 g/mol. The van der Waals surface area contributed by atoms with Gasteiger partial charge in [0.2, 0.25) is 11.0 Å². The highest BCUT2D eigenvalue weighted by Crippen LogP contribution is 2.42.